The van der Waals surface area contributed by atoms with E-state index in [9.17, 15) is 4.79 Å². The van der Waals surface area contributed by atoms with Gasteiger partial charge in [0.05, 0.1) is 13.3 Å². The number of carbonyl (C=O) groups excluding carboxylic acids is 1. The highest BCUT2D eigenvalue weighted by atomic mass is 16.5. The Hall–Kier alpha value is -3.34. The number of ether oxygens (including phenoxy) is 1. The Balaban J connectivity index is 1.76. The van der Waals surface area contributed by atoms with E-state index in [1.165, 1.54) is 0 Å². The number of hydrogen-bond acceptors (Lipinski definition) is 3. The number of para-hydroxylation sites is 1. The average molecular weight is 347 g/mol. The van der Waals surface area contributed by atoms with Gasteiger partial charge >= 0.3 is 0 Å². The van der Waals surface area contributed by atoms with Gasteiger partial charge in [-0.25, -0.2) is 5.43 Å². The number of methoxy groups -OCH3 is 1. The zero-order valence-corrected chi connectivity index (χ0v) is 15.1. The summed E-state index contributed by atoms with van der Waals surface area (Å²) in [6, 6.07) is 19.1. The fraction of sp³-hybridized carbons (Fsp3) is 0.143. The number of hydrogen-bond donors (Lipinski definition) is 1. The summed E-state index contributed by atoms with van der Waals surface area (Å²) in [6.45, 7) is 4.08. The van der Waals surface area contributed by atoms with Crippen molar-refractivity contribution in [3.8, 4) is 11.4 Å². The number of amides is 1. The molecule has 0 saturated heterocycles. The lowest BCUT2D eigenvalue weighted by molar-refractivity contribution is 0.0955. The van der Waals surface area contributed by atoms with Gasteiger partial charge in [0.15, 0.2) is 0 Å². The standard InChI is InChI=1S/C21H21N3O2/c1-15-12-18(16(2)24(15)19-9-5-4-6-10-19)14-22-23-21(25)17-8-7-11-20(13-17)26-3/h4-14H,1-3H3,(H,23,25). The van der Waals surface area contributed by atoms with Crippen molar-refractivity contribution in [3.63, 3.8) is 0 Å². The van der Waals surface area contributed by atoms with E-state index < -0.39 is 0 Å². The maximum atomic E-state index is 12.2. The summed E-state index contributed by atoms with van der Waals surface area (Å²) in [5.41, 5.74) is 7.28. The van der Waals surface area contributed by atoms with E-state index in [2.05, 4.69) is 27.2 Å². The number of rotatable bonds is 5. The molecule has 5 heteroatoms. The van der Waals surface area contributed by atoms with Crippen LogP contribution in [-0.2, 0) is 0 Å². The minimum atomic E-state index is -0.281. The average Bonchev–Trinajstić information content (AvgIpc) is 2.96. The zero-order valence-electron chi connectivity index (χ0n) is 15.1. The molecular formula is C21H21N3O2. The van der Waals surface area contributed by atoms with Crippen LogP contribution in [0.1, 0.15) is 27.3 Å². The third kappa shape index (κ3) is 3.67. The first-order valence-corrected chi connectivity index (χ1v) is 8.32. The second-order valence-corrected chi connectivity index (χ2v) is 5.93. The summed E-state index contributed by atoms with van der Waals surface area (Å²) in [5.74, 6) is 0.352. The molecule has 5 nitrogen and oxygen atoms in total. The van der Waals surface area contributed by atoms with Crippen molar-refractivity contribution in [3.05, 3.63) is 83.2 Å². The molecule has 0 aliphatic carbocycles. The topological polar surface area (TPSA) is 55.6 Å². The smallest absolute Gasteiger partial charge is 0.271 e. The van der Waals surface area contributed by atoms with Gasteiger partial charge in [-0.15, -0.1) is 0 Å². The molecular weight excluding hydrogens is 326 g/mol. The first kappa shape index (κ1) is 17.5. The van der Waals surface area contributed by atoms with Gasteiger partial charge in [0.1, 0.15) is 5.75 Å². The third-order valence-corrected chi connectivity index (χ3v) is 4.19. The Labute approximate surface area is 152 Å². The Bertz CT molecular complexity index is 943. The molecule has 0 fully saturated rings. The molecule has 3 aromatic rings. The van der Waals surface area contributed by atoms with E-state index >= 15 is 0 Å². The number of aromatic nitrogens is 1. The summed E-state index contributed by atoms with van der Waals surface area (Å²) in [4.78, 5) is 12.2. The molecule has 0 aliphatic heterocycles. The van der Waals surface area contributed by atoms with Gasteiger partial charge < -0.3 is 9.30 Å². The van der Waals surface area contributed by atoms with Crippen molar-refractivity contribution in [1.29, 1.82) is 0 Å². The highest BCUT2D eigenvalue weighted by Crippen LogP contribution is 2.19. The predicted octanol–water partition coefficient (Wildman–Crippen LogP) is 3.87. The zero-order chi connectivity index (χ0) is 18.5. The van der Waals surface area contributed by atoms with Gasteiger partial charge in [-0.1, -0.05) is 24.3 Å². The molecule has 2 aromatic carbocycles. The predicted molar refractivity (Wildman–Crippen MR) is 103 cm³/mol. The second kappa shape index (κ2) is 7.70. The molecule has 132 valence electrons. The minimum absolute atomic E-state index is 0.281. The number of nitrogens with one attached hydrogen (secondary N) is 1. The van der Waals surface area contributed by atoms with Crippen LogP contribution in [0.3, 0.4) is 0 Å². The van der Waals surface area contributed by atoms with Crippen molar-refractivity contribution >= 4 is 12.1 Å². The molecule has 0 bridgehead atoms. The number of carbonyl (C=O) groups is 1. The molecule has 0 spiro atoms. The molecule has 3 rings (SSSR count). The largest absolute Gasteiger partial charge is 0.497 e. The van der Waals surface area contributed by atoms with Crippen molar-refractivity contribution in [1.82, 2.24) is 9.99 Å². The van der Waals surface area contributed by atoms with Gasteiger partial charge in [0.2, 0.25) is 0 Å². The van der Waals surface area contributed by atoms with Gasteiger partial charge in [0, 0.05) is 28.2 Å². The second-order valence-electron chi connectivity index (χ2n) is 5.93. The molecule has 1 N–H and O–H groups in total. The van der Waals surface area contributed by atoms with Crippen LogP contribution < -0.4 is 10.2 Å². The molecule has 0 radical (unpaired) electrons. The molecule has 1 amide bonds. The van der Waals surface area contributed by atoms with Crippen molar-refractivity contribution < 1.29 is 9.53 Å². The number of nitrogens with zero attached hydrogens (tertiary/aromatic N) is 2. The number of hydrazone groups is 1. The molecule has 0 aliphatic rings. The van der Waals surface area contributed by atoms with E-state index in [1.54, 1.807) is 37.6 Å². The molecule has 0 atom stereocenters. The van der Waals surface area contributed by atoms with E-state index in [4.69, 9.17) is 4.74 Å². The van der Waals surface area contributed by atoms with E-state index in [0.717, 1.165) is 22.6 Å². The SMILES string of the molecule is COc1cccc(C(=O)NN=Cc2cc(C)n(-c3ccccc3)c2C)c1. The lowest BCUT2D eigenvalue weighted by Crippen LogP contribution is -2.17. The van der Waals surface area contributed by atoms with E-state index in [0.29, 0.717) is 11.3 Å². The van der Waals surface area contributed by atoms with Crippen LogP contribution in [0, 0.1) is 13.8 Å². The van der Waals surface area contributed by atoms with Crippen LogP contribution in [0.25, 0.3) is 5.69 Å². The molecule has 1 aromatic heterocycles. The molecule has 1 heterocycles. The van der Waals surface area contributed by atoms with Crippen LogP contribution in [-0.4, -0.2) is 23.8 Å². The van der Waals surface area contributed by atoms with Crippen molar-refractivity contribution in [2.24, 2.45) is 5.10 Å². The number of benzene rings is 2. The van der Waals surface area contributed by atoms with Crippen molar-refractivity contribution in [2.75, 3.05) is 7.11 Å². The molecule has 0 unspecified atom stereocenters. The van der Waals surface area contributed by atoms with Gasteiger partial charge in [0.25, 0.3) is 5.91 Å². The maximum absolute atomic E-state index is 12.2. The summed E-state index contributed by atoms with van der Waals surface area (Å²) in [5, 5.41) is 4.10. The third-order valence-electron chi connectivity index (χ3n) is 4.19. The minimum Gasteiger partial charge on any atom is -0.497 e. The first-order chi connectivity index (χ1) is 12.6. The monoisotopic (exact) mass is 347 g/mol. The maximum Gasteiger partial charge on any atom is 0.271 e. The van der Waals surface area contributed by atoms with Gasteiger partial charge in [-0.2, -0.15) is 5.10 Å². The van der Waals surface area contributed by atoms with Crippen molar-refractivity contribution in [2.45, 2.75) is 13.8 Å². The highest BCUT2D eigenvalue weighted by molar-refractivity contribution is 5.95. The molecule has 0 saturated carbocycles. The van der Waals surface area contributed by atoms with Crippen LogP contribution in [0.4, 0.5) is 0 Å². The van der Waals surface area contributed by atoms with Crippen LogP contribution >= 0.6 is 0 Å². The van der Waals surface area contributed by atoms with Crippen LogP contribution in [0.2, 0.25) is 0 Å². The van der Waals surface area contributed by atoms with Crippen LogP contribution in [0.5, 0.6) is 5.75 Å². The summed E-state index contributed by atoms with van der Waals surface area (Å²) in [7, 11) is 1.57. The van der Waals surface area contributed by atoms with Crippen LogP contribution in [0.15, 0.2) is 65.8 Å². The fourth-order valence-corrected chi connectivity index (χ4v) is 2.88. The first-order valence-electron chi connectivity index (χ1n) is 8.32. The summed E-state index contributed by atoms with van der Waals surface area (Å²) in [6.07, 6.45) is 1.67. The quantitative estimate of drug-likeness (QED) is 0.563. The van der Waals surface area contributed by atoms with Gasteiger partial charge in [-0.3, -0.25) is 4.79 Å². The summed E-state index contributed by atoms with van der Waals surface area (Å²) >= 11 is 0. The Morgan fingerprint density at radius 1 is 1.08 bits per heavy atom. The lowest BCUT2D eigenvalue weighted by atomic mass is 10.2. The Morgan fingerprint density at radius 3 is 2.58 bits per heavy atom. The van der Waals surface area contributed by atoms with E-state index in [1.807, 2.05) is 38.1 Å². The lowest BCUT2D eigenvalue weighted by Gasteiger charge is -2.09. The normalized spacial score (nSPS) is 10.9. The highest BCUT2D eigenvalue weighted by Gasteiger charge is 2.09. The summed E-state index contributed by atoms with van der Waals surface area (Å²) < 4.78 is 7.29. The Kier molecular flexibility index (Phi) is 5.17. The Morgan fingerprint density at radius 2 is 1.85 bits per heavy atom. The number of aryl methyl sites for hydroxylation is 1. The fourth-order valence-electron chi connectivity index (χ4n) is 2.88. The van der Waals surface area contributed by atoms with Gasteiger partial charge in [-0.05, 0) is 50.2 Å². The van der Waals surface area contributed by atoms with E-state index in [-0.39, 0.29) is 5.91 Å². The molecule has 26 heavy (non-hydrogen) atoms.